The molecule has 2 aliphatic heterocycles. The molecule has 16 heteroatoms. The van der Waals surface area contributed by atoms with Gasteiger partial charge >= 0.3 is 12.3 Å². The number of anilines is 1. The fourth-order valence-corrected chi connectivity index (χ4v) is 7.70. The van der Waals surface area contributed by atoms with E-state index in [2.05, 4.69) is 11.3 Å². The number of rotatable bonds is 9. The summed E-state index contributed by atoms with van der Waals surface area (Å²) in [6, 6.07) is 10.8. The molecule has 0 aromatic heterocycles. The molecule has 1 amide bonds. The number of para-hydroxylation sites is 1. The molecule has 1 fully saturated rings. The van der Waals surface area contributed by atoms with Gasteiger partial charge in [-0.2, -0.15) is 0 Å². The van der Waals surface area contributed by atoms with Crippen LogP contribution in [0, 0.1) is 0 Å². The average molecular weight is 699 g/mol. The third kappa shape index (κ3) is 5.87. The van der Waals surface area contributed by atoms with Crippen molar-refractivity contribution >= 4 is 39.2 Å². The van der Waals surface area contributed by atoms with Crippen LogP contribution in [0.15, 0.2) is 77.9 Å². The van der Waals surface area contributed by atoms with E-state index in [1.807, 2.05) is 0 Å². The summed E-state index contributed by atoms with van der Waals surface area (Å²) in [5.41, 5.74) is -2.78. The Morgan fingerprint density at radius 3 is 2.36 bits per heavy atom. The van der Waals surface area contributed by atoms with Crippen molar-refractivity contribution in [2.45, 2.75) is 42.4 Å². The lowest BCUT2D eigenvalue weighted by Crippen LogP contribution is -2.58. The first-order chi connectivity index (χ1) is 22.1. The number of sulfonamides is 1. The molecule has 47 heavy (non-hydrogen) atoms. The molecule has 0 saturated carbocycles. The number of benzene rings is 3. The van der Waals surface area contributed by atoms with Crippen LogP contribution in [-0.4, -0.2) is 64.5 Å². The number of allylic oxidation sites excluding steroid dienone is 1. The second-order valence-corrected chi connectivity index (χ2v) is 12.8. The topological polar surface area (TPSA) is 112 Å². The number of esters is 1. The van der Waals surface area contributed by atoms with E-state index in [-0.39, 0.29) is 39.1 Å². The largest absolute Gasteiger partial charge is 0.573 e. The van der Waals surface area contributed by atoms with E-state index < -0.39 is 69.6 Å². The third-order valence-electron chi connectivity index (χ3n) is 7.68. The van der Waals surface area contributed by atoms with Crippen LogP contribution in [0.4, 0.5) is 23.2 Å². The summed E-state index contributed by atoms with van der Waals surface area (Å²) in [5, 5.41) is 0.0256. The van der Waals surface area contributed by atoms with Crippen LogP contribution in [0.1, 0.15) is 24.5 Å². The van der Waals surface area contributed by atoms with E-state index in [1.165, 1.54) is 50.4 Å². The maximum Gasteiger partial charge on any atom is 0.573 e. The summed E-state index contributed by atoms with van der Waals surface area (Å²) < 4.78 is 105. The lowest BCUT2D eigenvalue weighted by Gasteiger charge is -2.41. The first-order valence-electron chi connectivity index (χ1n) is 13.8. The average Bonchev–Trinajstić information content (AvgIpc) is 3.50. The summed E-state index contributed by atoms with van der Waals surface area (Å²) in [6.07, 6.45) is -7.47. The Bertz CT molecular complexity index is 1870. The SMILES string of the molecule is C=C(C)OC(=O)[C@@H]1CC(F)CN1C1(c2ccccc2OC)C(=O)N(S(=O)(=O)c2ccc(OC)cc2OC(F)(F)F)c2ccc(Cl)cc21. The van der Waals surface area contributed by atoms with Crippen LogP contribution in [0.25, 0.3) is 0 Å². The van der Waals surface area contributed by atoms with E-state index in [0.717, 1.165) is 24.1 Å². The van der Waals surface area contributed by atoms with Crippen LogP contribution in [-0.2, 0) is 29.9 Å². The number of halogens is 5. The molecule has 250 valence electrons. The third-order valence-corrected chi connectivity index (χ3v) is 9.65. The number of carbonyl (C=O) groups excluding carboxylic acids is 2. The lowest BCUT2D eigenvalue weighted by atomic mass is 9.81. The van der Waals surface area contributed by atoms with Gasteiger partial charge in [-0.1, -0.05) is 36.4 Å². The second kappa shape index (κ2) is 12.4. The zero-order valence-electron chi connectivity index (χ0n) is 25.0. The van der Waals surface area contributed by atoms with Crippen LogP contribution < -0.4 is 18.5 Å². The minimum Gasteiger partial charge on any atom is -0.497 e. The maximum atomic E-state index is 15.4. The van der Waals surface area contributed by atoms with Crippen LogP contribution in [0.3, 0.4) is 0 Å². The zero-order valence-corrected chi connectivity index (χ0v) is 26.6. The molecule has 2 unspecified atom stereocenters. The van der Waals surface area contributed by atoms with Crippen LogP contribution >= 0.6 is 11.6 Å². The van der Waals surface area contributed by atoms with Crippen molar-refractivity contribution in [3.63, 3.8) is 0 Å². The molecule has 3 atom stereocenters. The number of amides is 1. The number of carbonyl (C=O) groups is 2. The smallest absolute Gasteiger partial charge is 0.497 e. The first-order valence-corrected chi connectivity index (χ1v) is 15.6. The van der Waals surface area contributed by atoms with Crippen molar-refractivity contribution < 1.29 is 54.5 Å². The Morgan fingerprint density at radius 2 is 1.72 bits per heavy atom. The molecule has 0 bridgehead atoms. The van der Waals surface area contributed by atoms with Gasteiger partial charge in [-0.15, -0.1) is 13.2 Å². The molecule has 0 aliphatic carbocycles. The molecule has 1 saturated heterocycles. The fourth-order valence-electron chi connectivity index (χ4n) is 5.97. The highest BCUT2D eigenvalue weighted by Crippen LogP contribution is 2.55. The number of fused-ring (bicyclic) bond motifs is 1. The van der Waals surface area contributed by atoms with Gasteiger partial charge in [0.15, 0.2) is 11.3 Å². The van der Waals surface area contributed by atoms with Crippen molar-refractivity contribution in [2.24, 2.45) is 0 Å². The molecule has 5 rings (SSSR count). The predicted molar refractivity (Wildman–Crippen MR) is 160 cm³/mol. The van der Waals surface area contributed by atoms with Gasteiger partial charge in [-0.05, 0) is 43.3 Å². The number of likely N-dealkylation sites (tertiary alicyclic amines) is 1. The van der Waals surface area contributed by atoms with Crippen molar-refractivity contribution in [1.29, 1.82) is 0 Å². The summed E-state index contributed by atoms with van der Waals surface area (Å²) in [6.45, 7) is 4.37. The molecule has 2 heterocycles. The van der Waals surface area contributed by atoms with Gasteiger partial charge in [0, 0.05) is 35.2 Å². The van der Waals surface area contributed by atoms with E-state index in [4.69, 9.17) is 25.8 Å². The van der Waals surface area contributed by atoms with Gasteiger partial charge in [0.2, 0.25) is 0 Å². The van der Waals surface area contributed by atoms with Gasteiger partial charge in [0.05, 0.1) is 25.7 Å². The van der Waals surface area contributed by atoms with Gasteiger partial charge in [-0.3, -0.25) is 9.69 Å². The Kier molecular flexibility index (Phi) is 8.94. The molecule has 3 aromatic rings. The quantitative estimate of drug-likeness (QED) is 0.157. The highest BCUT2D eigenvalue weighted by atomic mass is 35.5. The highest BCUT2D eigenvalue weighted by Gasteiger charge is 2.64. The van der Waals surface area contributed by atoms with E-state index in [0.29, 0.717) is 10.4 Å². The monoisotopic (exact) mass is 698 g/mol. The molecule has 2 aliphatic rings. The Hall–Kier alpha value is -4.34. The molecule has 0 spiro atoms. The molecular formula is C31H27ClF4N2O8S. The van der Waals surface area contributed by atoms with E-state index in [1.54, 1.807) is 6.07 Å². The maximum absolute atomic E-state index is 15.4. The number of alkyl halides is 4. The summed E-state index contributed by atoms with van der Waals surface area (Å²) in [5.74, 6) is -3.58. The minimum absolute atomic E-state index is 0.00237. The van der Waals surface area contributed by atoms with Gasteiger partial charge in [0.1, 0.15) is 28.6 Å². The molecule has 10 nitrogen and oxygen atoms in total. The standard InChI is InChI=1S/C31H27ClF4N2O8S/c1-17(2)45-28(39)24-14-19(33)16-37(24)30(21-7-5-6-8-25(21)44-4)22-13-18(32)9-11-23(22)38(29(30)40)47(41,42)27-12-10-20(43-3)15-26(27)46-31(34,35)36/h5-13,15,19,24H,1,14,16H2,2-4H3/t19?,24-,30?/m0/s1. The highest BCUT2D eigenvalue weighted by molar-refractivity contribution is 7.93. The van der Waals surface area contributed by atoms with Crippen molar-refractivity contribution in [3.05, 3.63) is 89.2 Å². The number of ether oxygens (including phenoxy) is 4. The summed E-state index contributed by atoms with van der Waals surface area (Å²) in [4.78, 5) is 28.6. The van der Waals surface area contributed by atoms with Crippen molar-refractivity contribution in [1.82, 2.24) is 4.90 Å². The Balaban J connectivity index is 1.84. The molecule has 0 N–H and O–H groups in total. The van der Waals surface area contributed by atoms with E-state index >= 15 is 9.18 Å². The minimum atomic E-state index is -5.33. The summed E-state index contributed by atoms with van der Waals surface area (Å²) in [7, 11) is -2.84. The van der Waals surface area contributed by atoms with Crippen LogP contribution in [0.2, 0.25) is 5.02 Å². The first kappa shape index (κ1) is 34.0. The fraction of sp³-hybridized carbons (Fsp3) is 0.290. The molecule has 3 aromatic carbocycles. The Morgan fingerprint density at radius 1 is 1.02 bits per heavy atom. The zero-order chi connectivity index (χ0) is 34.5. The number of hydrogen-bond acceptors (Lipinski definition) is 9. The number of methoxy groups -OCH3 is 2. The molecule has 0 radical (unpaired) electrons. The predicted octanol–water partition coefficient (Wildman–Crippen LogP) is 5.72. The van der Waals surface area contributed by atoms with Crippen LogP contribution in [0.5, 0.6) is 17.2 Å². The molecular weight excluding hydrogens is 672 g/mol. The van der Waals surface area contributed by atoms with E-state index in [9.17, 15) is 26.4 Å². The number of hydrogen-bond donors (Lipinski definition) is 0. The van der Waals surface area contributed by atoms with Gasteiger partial charge in [0.25, 0.3) is 15.9 Å². The van der Waals surface area contributed by atoms with Gasteiger partial charge < -0.3 is 18.9 Å². The van der Waals surface area contributed by atoms with Crippen molar-refractivity contribution in [3.8, 4) is 17.2 Å². The number of nitrogens with zero attached hydrogens (tertiary/aromatic N) is 2. The normalized spacial score (nSPS) is 21.4. The summed E-state index contributed by atoms with van der Waals surface area (Å²) >= 11 is 6.41. The van der Waals surface area contributed by atoms with Gasteiger partial charge in [-0.25, -0.2) is 21.9 Å². The second-order valence-electron chi connectivity index (χ2n) is 10.6. The lowest BCUT2D eigenvalue weighted by molar-refractivity contribution is -0.275. The van der Waals surface area contributed by atoms with Crippen molar-refractivity contribution in [2.75, 3.05) is 25.1 Å². The Labute approximate surface area is 272 Å².